The van der Waals surface area contributed by atoms with Gasteiger partial charge in [-0.1, -0.05) is 24.3 Å². The Balaban J connectivity index is 2.38. The molecular formula is C18H19NO2. The number of amides is 1. The number of methoxy groups -OCH3 is 1. The molecule has 0 fully saturated rings. The van der Waals surface area contributed by atoms with Crippen LogP contribution in [0.15, 0.2) is 67.3 Å². The van der Waals surface area contributed by atoms with E-state index in [1.807, 2.05) is 61.5 Å². The second-order valence-corrected chi connectivity index (χ2v) is 4.72. The highest BCUT2D eigenvalue weighted by Gasteiger charge is 2.21. The van der Waals surface area contributed by atoms with Gasteiger partial charge in [0.2, 0.25) is 0 Å². The van der Waals surface area contributed by atoms with Gasteiger partial charge in [-0.25, -0.2) is 0 Å². The summed E-state index contributed by atoms with van der Waals surface area (Å²) in [5.41, 5.74) is 1.47. The fourth-order valence-corrected chi connectivity index (χ4v) is 2.11. The third-order valence-corrected chi connectivity index (χ3v) is 3.34. The van der Waals surface area contributed by atoms with Crippen LogP contribution in [0.4, 0.5) is 5.69 Å². The van der Waals surface area contributed by atoms with E-state index in [0.717, 1.165) is 11.4 Å². The Morgan fingerprint density at radius 2 is 1.76 bits per heavy atom. The van der Waals surface area contributed by atoms with Crippen molar-refractivity contribution >= 4 is 11.6 Å². The van der Waals surface area contributed by atoms with Crippen molar-refractivity contribution in [3.8, 4) is 5.75 Å². The molecular weight excluding hydrogens is 262 g/mol. The van der Waals surface area contributed by atoms with Crippen LogP contribution in [-0.2, 0) is 0 Å². The fraction of sp³-hybridized carbons (Fsp3) is 0.167. The molecule has 0 saturated carbocycles. The van der Waals surface area contributed by atoms with Gasteiger partial charge in [0.25, 0.3) is 5.91 Å². The summed E-state index contributed by atoms with van der Waals surface area (Å²) in [4.78, 5) is 14.5. The highest BCUT2D eigenvalue weighted by Crippen LogP contribution is 2.23. The lowest BCUT2D eigenvalue weighted by molar-refractivity contribution is 0.0982. The summed E-state index contributed by atoms with van der Waals surface area (Å²) >= 11 is 0. The van der Waals surface area contributed by atoms with Crippen molar-refractivity contribution in [2.45, 2.75) is 13.0 Å². The maximum Gasteiger partial charge on any atom is 0.258 e. The number of ether oxygens (including phenoxy) is 1. The molecule has 0 aliphatic carbocycles. The third-order valence-electron chi connectivity index (χ3n) is 3.34. The first kappa shape index (κ1) is 14.9. The molecule has 2 aromatic rings. The monoisotopic (exact) mass is 281 g/mol. The molecule has 3 nitrogen and oxygen atoms in total. The summed E-state index contributed by atoms with van der Waals surface area (Å²) in [7, 11) is 1.62. The van der Waals surface area contributed by atoms with E-state index in [-0.39, 0.29) is 11.9 Å². The number of benzene rings is 2. The van der Waals surface area contributed by atoms with Crippen molar-refractivity contribution in [3.63, 3.8) is 0 Å². The summed E-state index contributed by atoms with van der Waals surface area (Å²) in [6.45, 7) is 5.74. The number of nitrogens with zero attached hydrogens (tertiary/aromatic N) is 1. The fourth-order valence-electron chi connectivity index (χ4n) is 2.11. The maximum absolute atomic E-state index is 12.7. The highest BCUT2D eigenvalue weighted by molar-refractivity contribution is 6.06. The van der Waals surface area contributed by atoms with Crippen molar-refractivity contribution < 1.29 is 9.53 Å². The predicted octanol–water partition coefficient (Wildman–Crippen LogP) is 3.92. The molecule has 0 N–H and O–H groups in total. The number of rotatable bonds is 5. The molecule has 108 valence electrons. The van der Waals surface area contributed by atoms with Crippen LogP contribution < -0.4 is 9.64 Å². The zero-order valence-electron chi connectivity index (χ0n) is 12.3. The van der Waals surface area contributed by atoms with E-state index < -0.39 is 0 Å². The number of hydrogen-bond acceptors (Lipinski definition) is 2. The number of anilines is 1. The second-order valence-electron chi connectivity index (χ2n) is 4.72. The summed E-state index contributed by atoms with van der Waals surface area (Å²) in [6, 6.07) is 16.6. The Morgan fingerprint density at radius 3 is 2.29 bits per heavy atom. The molecule has 2 rings (SSSR count). The SMILES string of the molecule is C=CC(C)N(C(=O)c1ccccc1)c1ccc(OC)cc1. The van der Waals surface area contributed by atoms with Gasteiger partial charge in [-0.05, 0) is 43.3 Å². The number of carbonyl (C=O) groups is 1. The lowest BCUT2D eigenvalue weighted by Gasteiger charge is -2.27. The topological polar surface area (TPSA) is 29.5 Å². The van der Waals surface area contributed by atoms with Gasteiger partial charge in [0.1, 0.15) is 5.75 Å². The Kier molecular flexibility index (Phi) is 4.77. The van der Waals surface area contributed by atoms with Crippen LogP contribution in [0.1, 0.15) is 17.3 Å². The van der Waals surface area contributed by atoms with E-state index in [0.29, 0.717) is 5.56 Å². The minimum absolute atomic E-state index is 0.0480. The highest BCUT2D eigenvalue weighted by atomic mass is 16.5. The van der Waals surface area contributed by atoms with Crippen molar-refractivity contribution in [3.05, 3.63) is 72.8 Å². The van der Waals surface area contributed by atoms with Gasteiger partial charge in [0, 0.05) is 11.3 Å². The van der Waals surface area contributed by atoms with Crippen molar-refractivity contribution in [1.82, 2.24) is 0 Å². The van der Waals surface area contributed by atoms with Crippen LogP contribution in [0.2, 0.25) is 0 Å². The van der Waals surface area contributed by atoms with E-state index in [2.05, 4.69) is 6.58 Å². The van der Waals surface area contributed by atoms with E-state index in [1.54, 1.807) is 18.1 Å². The van der Waals surface area contributed by atoms with Crippen molar-refractivity contribution in [2.75, 3.05) is 12.0 Å². The summed E-state index contributed by atoms with van der Waals surface area (Å²) in [6.07, 6.45) is 1.76. The summed E-state index contributed by atoms with van der Waals surface area (Å²) < 4.78 is 5.16. The van der Waals surface area contributed by atoms with E-state index in [4.69, 9.17) is 4.74 Å². The molecule has 0 aliphatic rings. The molecule has 0 spiro atoms. The maximum atomic E-state index is 12.7. The molecule has 0 aliphatic heterocycles. The molecule has 21 heavy (non-hydrogen) atoms. The third kappa shape index (κ3) is 3.31. The zero-order chi connectivity index (χ0) is 15.2. The van der Waals surface area contributed by atoms with Crippen LogP contribution in [-0.4, -0.2) is 19.1 Å². The largest absolute Gasteiger partial charge is 0.497 e. The molecule has 2 aromatic carbocycles. The smallest absolute Gasteiger partial charge is 0.258 e. The molecule has 0 saturated heterocycles. The van der Waals surface area contributed by atoms with Crippen LogP contribution in [0.5, 0.6) is 5.75 Å². The first-order valence-corrected chi connectivity index (χ1v) is 6.82. The van der Waals surface area contributed by atoms with Crippen LogP contribution in [0.3, 0.4) is 0 Å². The Hall–Kier alpha value is -2.55. The Bertz CT molecular complexity index is 605. The van der Waals surface area contributed by atoms with Gasteiger partial charge in [-0.3, -0.25) is 4.79 Å². The number of carbonyl (C=O) groups excluding carboxylic acids is 1. The number of hydrogen-bond donors (Lipinski definition) is 0. The Labute approximate surface area is 125 Å². The summed E-state index contributed by atoms with van der Waals surface area (Å²) in [5, 5.41) is 0. The molecule has 0 radical (unpaired) electrons. The second kappa shape index (κ2) is 6.75. The van der Waals surface area contributed by atoms with E-state index in [1.165, 1.54) is 0 Å². The van der Waals surface area contributed by atoms with E-state index in [9.17, 15) is 4.79 Å². The molecule has 3 heteroatoms. The van der Waals surface area contributed by atoms with Gasteiger partial charge in [-0.2, -0.15) is 0 Å². The van der Waals surface area contributed by atoms with Gasteiger partial charge in [-0.15, -0.1) is 6.58 Å². The van der Waals surface area contributed by atoms with Gasteiger partial charge in [0.05, 0.1) is 13.2 Å². The molecule has 1 atom stereocenters. The first-order valence-electron chi connectivity index (χ1n) is 6.82. The minimum Gasteiger partial charge on any atom is -0.497 e. The van der Waals surface area contributed by atoms with E-state index >= 15 is 0 Å². The van der Waals surface area contributed by atoms with Crippen LogP contribution in [0, 0.1) is 0 Å². The minimum atomic E-state index is -0.105. The lowest BCUT2D eigenvalue weighted by atomic mass is 10.1. The predicted molar refractivity (Wildman–Crippen MR) is 85.9 cm³/mol. The lowest BCUT2D eigenvalue weighted by Crippen LogP contribution is -2.37. The van der Waals surface area contributed by atoms with Gasteiger partial charge in [0.15, 0.2) is 0 Å². The zero-order valence-corrected chi connectivity index (χ0v) is 12.3. The van der Waals surface area contributed by atoms with Gasteiger partial charge < -0.3 is 9.64 Å². The Morgan fingerprint density at radius 1 is 1.14 bits per heavy atom. The first-order chi connectivity index (χ1) is 10.2. The molecule has 0 bridgehead atoms. The normalized spacial score (nSPS) is 11.5. The molecule has 0 aromatic heterocycles. The molecule has 1 unspecified atom stereocenters. The molecule has 0 heterocycles. The van der Waals surface area contributed by atoms with Gasteiger partial charge >= 0.3 is 0 Å². The van der Waals surface area contributed by atoms with Crippen molar-refractivity contribution in [2.24, 2.45) is 0 Å². The van der Waals surface area contributed by atoms with Crippen LogP contribution >= 0.6 is 0 Å². The average Bonchev–Trinajstić information content (AvgIpc) is 2.56. The van der Waals surface area contributed by atoms with Crippen LogP contribution in [0.25, 0.3) is 0 Å². The quantitative estimate of drug-likeness (QED) is 0.777. The summed E-state index contributed by atoms with van der Waals surface area (Å²) in [5.74, 6) is 0.713. The standard InChI is InChI=1S/C18H19NO2/c1-4-14(2)19(16-10-12-17(21-3)13-11-16)18(20)15-8-6-5-7-9-15/h4-14H,1H2,2-3H3. The average molecular weight is 281 g/mol. The molecule has 1 amide bonds. The van der Waals surface area contributed by atoms with Crippen molar-refractivity contribution in [1.29, 1.82) is 0 Å².